The van der Waals surface area contributed by atoms with Gasteiger partial charge in [-0.15, -0.1) is 0 Å². The van der Waals surface area contributed by atoms with E-state index in [4.69, 9.17) is 28.7 Å². The van der Waals surface area contributed by atoms with E-state index in [-0.39, 0.29) is 34.1 Å². The molecule has 0 atom stereocenters. The summed E-state index contributed by atoms with van der Waals surface area (Å²) in [6, 6.07) is 0. The summed E-state index contributed by atoms with van der Waals surface area (Å²) >= 11 is 0. The van der Waals surface area contributed by atoms with Crippen molar-refractivity contribution >= 4 is 16.5 Å². The van der Waals surface area contributed by atoms with Gasteiger partial charge in [0.1, 0.15) is 0 Å². The first-order valence-corrected chi connectivity index (χ1v) is 3.29. The molecular weight excluding hydrogens is 270 g/mol. The summed E-state index contributed by atoms with van der Waals surface area (Å²) < 4.78 is 17.0. The van der Waals surface area contributed by atoms with Gasteiger partial charge in [0.05, 0.1) is 0 Å². The van der Waals surface area contributed by atoms with E-state index >= 15 is 0 Å². The van der Waals surface area contributed by atoms with Gasteiger partial charge in [0, 0.05) is 0 Å². The van der Waals surface area contributed by atoms with Crippen molar-refractivity contribution in [2.24, 2.45) is 0 Å². The summed E-state index contributed by atoms with van der Waals surface area (Å²) in [4.78, 5) is 33.9. The molecular formula is Fe2O6P2+2. The van der Waals surface area contributed by atoms with Crippen LogP contribution in [-0.2, 0) is 43.3 Å². The zero-order chi connectivity index (χ0) is 7.15. The smallest absolute Gasteiger partial charge is 0.598 e. The van der Waals surface area contributed by atoms with Crippen molar-refractivity contribution < 1.29 is 62.8 Å². The molecule has 0 fully saturated rings. The van der Waals surface area contributed by atoms with Crippen LogP contribution in [0.1, 0.15) is 0 Å². The normalized spacial score (nSPS) is 5.20. The second-order valence-corrected chi connectivity index (χ2v) is 1.34. The van der Waals surface area contributed by atoms with Crippen LogP contribution in [-0.4, -0.2) is 0 Å². The van der Waals surface area contributed by atoms with Gasteiger partial charge in [-0.1, -0.05) is 9.13 Å². The summed E-state index contributed by atoms with van der Waals surface area (Å²) in [5.41, 5.74) is 0. The molecule has 0 heterocycles. The van der Waals surface area contributed by atoms with Crippen molar-refractivity contribution in [3.8, 4) is 0 Å². The number of rotatable bonds is 0. The Bertz CT molecular complexity index is 71.7. The molecule has 0 saturated heterocycles. The predicted molar refractivity (Wildman–Crippen MR) is 15.2 cm³/mol. The van der Waals surface area contributed by atoms with Crippen LogP contribution in [0.5, 0.6) is 0 Å². The Hall–Kier alpha value is 1.08. The molecule has 0 unspecified atom stereocenters. The summed E-state index contributed by atoms with van der Waals surface area (Å²) in [7, 11) is -6.74. The van der Waals surface area contributed by atoms with E-state index < -0.39 is 16.5 Å². The minimum Gasteiger partial charge on any atom is -0.598 e. The monoisotopic (exact) mass is 270 g/mol. The molecule has 0 bridgehead atoms. The van der Waals surface area contributed by atoms with E-state index in [0.29, 0.717) is 0 Å². The molecule has 0 spiro atoms. The van der Waals surface area contributed by atoms with Crippen LogP contribution in [0.2, 0.25) is 0 Å². The third kappa shape index (κ3) is 509. The predicted octanol–water partition coefficient (Wildman–Crippen LogP) is -3.28. The molecule has 0 aromatic carbocycles. The van der Waals surface area contributed by atoms with E-state index in [1.54, 1.807) is 0 Å². The Labute approximate surface area is 79.5 Å². The second kappa shape index (κ2) is 16.6. The van der Waals surface area contributed by atoms with Gasteiger partial charge < -0.3 is 19.6 Å². The van der Waals surface area contributed by atoms with Crippen molar-refractivity contribution in [2.45, 2.75) is 0 Å². The van der Waals surface area contributed by atoms with Crippen molar-refractivity contribution in [2.75, 3.05) is 0 Å². The van der Waals surface area contributed by atoms with Gasteiger partial charge in [0.2, 0.25) is 0 Å². The zero-order valence-corrected chi connectivity index (χ0v) is 8.05. The van der Waals surface area contributed by atoms with E-state index in [2.05, 4.69) is 0 Å². The van der Waals surface area contributed by atoms with Crippen molar-refractivity contribution in [1.29, 1.82) is 0 Å². The van der Waals surface area contributed by atoms with Crippen LogP contribution in [0.15, 0.2) is 0 Å². The fourth-order valence-corrected chi connectivity index (χ4v) is 0. The van der Waals surface area contributed by atoms with E-state index in [9.17, 15) is 0 Å². The topological polar surface area (TPSA) is 126 Å². The molecule has 0 rings (SSSR count). The summed E-state index contributed by atoms with van der Waals surface area (Å²) in [5, 5.41) is 0. The molecule has 60 valence electrons. The van der Waals surface area contributed by atoms with Gasteiger partial charge in [0.25, 0.3) is 16.5 Å². The molecule has 0 N–H and O–H groups in total. The van der Waals surface area contributed by atoms with Gasteiger partial charge in [-0.25, -0.2) is 0 Å². The first kappa shape index (κ1) is 22.5. The van der Waals surface area contributed by atoms with Gasteiger partial charge in [0.15, 0.2) is 0 Å². The van der Waals surface area contributed by atoms with E-state index in [1.165, 1.54) is 0 Å². The molecule has 0 aromatic heterocycles. The van der Waals surface area contributed by atoms with Crippen molar-refractivity contribution in [3.05, 3.63) is 0 Å². The molecule has 6 nitrogen and oxygen atoms in total. The Balaban J connectivity index is -0.0000000300. The molecule has 10 heteroatoms. The molecule has 0 saturated carbocycles. The average molecular weight is 270 g/mol. The zero-order valence-electron chi connectivity index (χ0n) is 4.05. The molecule has 0 radical (unpaired) electrons. The fourth-order valence-electron chi connectivity index (χ4n) is 0. The van der Waals surface area contributed by atoms with E-state index in [1.807, 2.05) is 0 Å². The van der Waals surface area contributed by atoms with Gasteiger partial charge >= 0.3 is 34.1 Å². The maximum Gasteiger partial charge on any atom is 2.00 e. The van der Waals surface area contributed by atoms with Gasteiger partial charge in [-0.3, -0.25) is 0 Å². The van der Waals surface area contributed by atoms with E-state index in [0.717, 1.165) is 0 Å². The minimum atomic E-state index is -3.37. The standard InChI is InChI=1S/2Fe.2HO3P/c;;2*1-4(2)3/h;;2*(H,1,2,3)/q2*+2;;/p-2. The van der Waals surface area contributed by atoms with Crippen LogP contribution in [0.3, 0.4) is 0 Å². The Morgan fingerprint density at radius 2 is 0.700 bits per heavy atom. The SMILES string of the molecule is O=[P+]([O-])[O-].O=[P+]([O-])[O-].[Fe+2].[Fe+2]. The van der Waals surface area contributed by atoms with Gasteiger partial charge in [-0.05, 0) is 0 Å². The maximum atomic E-state index is 8.48. The third-order valence-corrected chi connectivity index (χ3v) is 0. The molecule has 0 amide bonds. The first-order chi connectivity index (χ1) is 3.46. The molecule has 0 aliphatic heterocycles. The van der Waals surface area contributed by atoms with Crippen LogP contribution < -0.4 is 19.6 Å². The summed E-state index contributed by atoms with van der Waals surface area (Å²) in [6.45, 7) is 0. The summed E-state index contributed by atoms with van der Waals surface area (Å²) in [5.74, 6) is 0. The summed E-state index contributed by atoms with van der Waals surface area (Å²) in [6.07, 6.45) is 0. The van der Waals surface area contributed by atoms with Crippen LogP contribution in [0.25, 0.3) is 0 Å². The molecule has 10 heavy (non-hydrogen) atoms. The quantitative estimate of drug-likeness (QED) is 0.335. The van der Waals surface area contributed by atoms with Gasteiger partial charge in [-0.2, -0.15) is 0 Å². The van der Waals surface area contributed by atoms with Crippen LogP contribution in [0.4, 0.5) is 0 Å². The fraction of sp³-hybridized carbons (Fsp3) is 0. The Morgan fingerprint density at radius 3 is 0.700 bits per heavy atom. The Morgan fingerprint density at radius 1 is 0.700 bits per heavy atom. The molecule has 0 aromatic rings. The van der Waals surface area contributed by atoms with Crippen LogP contribution >= 0.6 is 16.5 Å². The minimum absolute atomic E-state index is 0. The third-order valence-electron chi connectivity index (χ3n) is 0. The first-order valence-electron chi connectivity index (χ1n) is 1.10. The largest absolute Gasteiger partial charge is 2.00 e. The van der Waals surface area contributed by atoms with Crippen molar-refractivity contribution in [1.82, 2.24) is 0 Å². The average Bonchev–Trinajstić information content (AvgIpc) is 1.25. The second-order valence-electron chi connectivity index (χ2n) is 0.447. The van der Waals surface area contributed by atoms with Crippen LogP contribution in [0, 0.1) is 0 Å². The molecule has 0 aliphatic rings. The van der Waals surface area contributed by atoms with Crippen molar-refractivity contribution in [3.63, 3.8) is 0 Å². The number of hydrogen-bond acceptors (Lipinski definition) is 6. The maximum absolute atomic E-state index is 8.48. The number of hydrogen-bond donors (Lipinski definition) is 0. The molecule has 0 aliphatic carbocycles. The Kier molecular flexibility index (Phi) is 37.2.